The number of aldehydes is 1. The van der Waals surface area contributed by atoms with Gasteiger partial charge in [-0.2, -0.15) is 13.2 Å². The third-order valence-electron chi connectivity index (χ3n) is 11.8. The van der Waals surface area contributed by atoms with Crippen LogP contribution in [0, 0.1) is 11.6 Å². The highest BCUT2D eigenvalue weighted by molar-refractivity contribution is 6.61. The number of fused-ring (bicyclic) bond motifs is 4. The Morgan fingerprint density at radius 1 is 0.778 bits per heavy atom. The molecule has 0 saturated heterocycles. The minimum Gasteiger partial charge on any atom is -0.493 e. The van der Waals surface area contributed by atoms with Gasteiger partial charge in [-0.15, -0.1) is 20.4 Å². The third kappa shape index (κ3) is 13.9. The maximum absolute atomic E-state index is 14.5. The molecule has 1 aliphatic carbocycles. The van der Waals surface area contributed by atoms with E-state index in [1.807, 2.05) is 21.1 Å². The van der Waals surface area contributed by atoms with Crippen molar-refractivity contribution in [2.45, 2.75) is 98.1 Å². The summed E-state index contributed by atoms with van der Waals surface area (Å²) >= 11 is 4.60. The Balaban J connectivity index is 0.000000214. The van der Waals surface area contributed by atoms with Crippen LogP contribution < -0.4 is 9.47 Å². The first-order valence-corrected chi connectivity index (χ1v) is 23.1. The highest BCUT2D eigenvalue weighted by Gasteiger charge is 2.26. The molecule has 1 amide bonds. The van der Waals surface area contributed by atoms with Gasteiger partial charge in [-0.1, -0.05) is 33.4 Å². The van der Waals surface area contributed by atoms with Crippen molar-refractivity contribution in [1.29, 1.82) is 0 Å². The molecule has 0 unspecified atom stereocenters. The monoisotopic (exact) mass is 1030 g/mol. The molecule has 3 aliphatic heterocycles. The van der Waals surface area contributed by atoms with E-state index in [-0.39, 0.29) is 25.2 Å². The van der Waals surface area contributed by atoms with E-state index in [9.17, 15) is 31.5 Å². The van der Waals surface area contributed by atoms with E-state index in [0.29, 0.717) is 76.5 Å². The first-order chi connectivity index (χ1) is 34.7. The van der Waals surface area contributed by atoms with Gasteiger partial charge in [0.2, 0.25) is 6.29 Å². The lowest BCUT2D eigenvalue weighted by Gasteiger charge is -2.25. The molecule has 0 N–H and O–H groups in total. The van der Waals surface area contributed by atoms with Crippen molar-refractivity contribution >= 4 is 51.8 Å². The average molecular weight is 1030 g/mol. The summed E-state index contributed by atoms with van der Waals surface area (Å²) in [5, 5.41) is 16.8. The molecule has 7 heterocycles. The number of hydrogen-bond donors (Lipinski definition) is 0. The summed E-state index contributed by atoms with van der Waals surface area (Å²) in [5.74, 6) is 2.85. The summed E-state index contributed by atoms with van der Waals surface area (Å²) in [5.41, 5.74) is 8.51. The molecule has 6 aromatic rings. The number of methoxy groups -OCH3 is 2. The highest BCUT2D eigenvalue weighted by atomic mass is 35.5. The van der Waals surface area contributed by atoms with Crippen molar-refractivity contribution in [2.24, 2.45) is 0 Å². The Kier molecular flexibility index (Phi) is 19.9. The topological polar surface area (TPSA) is 178 Å². The molecule has 16 nitrogen and oxygen atoms in total. The number of alkyl halides is 3. The molecule has 386 valence electrons. The lowest BCUT2D eigenvalue weighted by Crippen LogP contribution is -2.34. The van der Waals surface area contributed by atoms with E-state index in [2.05, 4.69) is 52.8 Å². The molecule has 0 bridgehead atoms. The Hall–Kier alpha value is -7.03. The second-order valence-electron chi connectivity index (χ2n) is 15.9. The van der Waals surface area contributed by atoms with E-state index in [0.717, 1.165) is 87.9 Å². The van der Waals surface area contributed by atoms with Crippen LogP contribution >= 0.6 is 11.6 Å². The zero-order valence-electron chi connectivity index (χ0n) is 40.3. The van der Waals surface area contributed by atoms with Crippen LogP contribution in [0.15, 0.2) is 61.5 Å². The first-order valence-electron chi connectivity index (χ1n) is 23.4. The van der Waals surface area contributed by atoms with E-state index in [1.165, 1.54) is 44.8 Å². The fourth-order valence-corrected chi connectivity index (χ4v) is 8.49. The number of halogens is 6. The molecule has 0 atom stereocenters. The van der Waals surface area contributed by atoms with Crippen LogP contribution in [-0.2, 0) is 52.8 Å². The lowest BCUT2D eigenvalue weighted by atomic mass is 9.95. The molecule has 4 aliphatic rings. The van der Waals surface area contributed by atoms with Crippen LogP contribution in [0.3, 0.4) is 0 Å². The van der Waals surface area contributed by atoms with E-state index in [4.69, 9.17) is 20.4 Å². The van der Waals surface area contributed by atoms with Crippen LogP contribution in [-0.4, -0.2) is 109 Å². The molecule has 0 saturated carbocycles. The number of nitrogens with zero attached hydrogens (tertiary/aromatic N) is 9. The van der Waals surface area contributed by atoms with Gasteiger partial charge in [0.1, 0.15) is 47.4 Å². The number of aryl methyl sites for hydroxylation is 2. The van der Waals surface area contributed by atoms with Gasteiger partial charge in [0.05, 0.1) is 27.4 Å². The van der Waals surface area contributed by atoms with E-state index in [1.54, 1.807) is 42.8 Å². The second-order valence-corrected chi connectivity index (χ2v) is 16.2. The first kappa shape index (κ1) is 54.3. The summed E-state index contributed by atoms with van der Waals surface area (Å²) in [6.45, 7) is 4.56. The molecule has 10 rings (SSSR count). The molecule has 0 radical (unpaired) electrons. The van der Waals surface area contributed by atoms with Gasteiger partial charge >= 0.3 is 17.7 Å². The van der Waals surface area contributed by atoms with Crippen molar-refractivity contribution in [3.05, 3.63) is 118 Å². The minimum atomic E-state index is -4.64. The van der Waals surface area contributed by atoms with Crippen molar-refractivity contribution in [3.63, 3.8) is 0 Å². The fourth-order valence-electron chi connectivity index (χ4n) is 8.49. The summed E-state index contributed by atoms with van der Waals surface area (Å²) < 4.78 is 89.9. The Bertz CT molecular complexity index is 2910. The van der Waals surface area contributed by atoms with Crippen molar-refractivity contribution in [1.82, 2.24) is 44.1 Å². The van der Waals surface area contributed by atoms with Crippen LogP contribution in [0.25, 0.3) is 22.4 Å². The Morgan fingerprint density at radius 2 is 1.26 bits per heavy atom. The summed E-state index contributed by atoms with van der Waals surface area (Å²) in [6.07, 6.45) is 14.4. The normalized spacial score (nSPS) is 14.5. The Morgan fingerprint density at radius 3 is 1.67 bits per heavy atom. The predicted molar refractivity (Wildman–Crippen MR) is 259 cm³/mol. The Labute approximate surface area is 419 Å². The molecular formula is C50H57ClF5N9O7. The number of benzene rings is 2. The standard InChI is InChI=1S/C22H22FN5O3.C21H21FN4O.C2H3ClO2.C2HF3O.C2H6.CH4/c1-30-22(29)27-9-6-14(7-10-27)17-12-24-20(28-13-25-26-21(17)28)5-2-15-16-8-11-31-19(16)4-3-18(15)23;22-18-7-8-19-16(10-11-27-19)15(18)6-9-20-23-12-17(14-4-2-1-3-5-14)21-25-24-13-26(20)21;1-5-2(3)4;3-2(4,5)1-6;1-2;/h3-4,6,12-13H,2,5,7-11H2,1H3;4,7-8,12-13H,1-3,5-6,9-11H2;1H3;1H;1-2H3;1H4/i;;;;1D;. The minimum absolute atomic E-state index is 0. The third-order valence-corrected chi connectivity index (χ3v) is 12.0. The van der Waals surface area contributed by atoms with Crippen LogP contribution in [0.4, 0.5) is 31.5 Å². The number of ether oxygens (including phenoxy) is 4. The molecule has 2 aromatic carbocycles. The predicted octanol–water partition coefficient (Wildman–Crippen LogP) is 10.2. The van der Waals surface area contributed by atoms with Gasteiger partial charge in [-0.25, -0.2) is 28.3 Å². The average Bonchev–Trinajstić information content (AvgIpc) is 4.25. The number of carbonyl (C=O) groups excluding carboxylic acids is 3. The van der Waals surface area contributed by atoms with E-state index < -0.39 is 17.9 Å². The van der Waals surface area contributed by atoms with Gasteiger partial charge in [-0.05, 0) is 91.5 Å². The molecule has 72 heavy (non-hydrogen) atoms. The lowest BCUT2D eigenvalue weighted by molar-refractivity contribution is -0.156. The molecule has 0 spiro atoms. The van der Waals surface area contributed by atoms with Gasteiger partial charge in [0, 0.05) is 86.4 Å². The fraction of sp³-hybridized carbons (Fsp3) is 0.420. The number of hydrogen-bond acceptors (Lipinski definition) is 13. The molecular weight excluding hydrogens is 969 g/mol. The van der Waals surface area contributed by atoms with Gasteiger partial charge in [0.15, 0.2) is 11.3 Å². The zero-order valence-corrected chi connectivity index (χ0v) is 40.1. The molecule has 0 fully saturated rings. The number of aromatic nitrogens is 8. The van der Waals surface area contributed by atoms with Gasteiger partial charge < -0.3 is 23.8 Å². The maximum atomic E-state index is 14.5. The van der Waals surface area contributed by atoms with Crippen molar-refractivity contribution in [3.8, 4) is 11.5 Å². The summed E-state index contributed by atoms with van der Waals surface area (Å²) in [4.78, 5) is 40.7. The van der Waals surface area contributed by atoms with Crippen LogP contribution in [0.5, 0.6) is 11.5 Å². The number of rotatable bonds is 8. The summed E-state index contributed by atoms with van der Waals surface area (Å²) in [6, 6.07) is 6.40. The van der Waals surface area contributed by atoms with Gasteiger partial charge in [0.25, 0.3) is 0 Å². The number of amides is 1. The smallest absolute Gasteiger partial charge is 0.446 e. The van der Waals surface area contributed by atoms with E-state index >= 15 is 0 Å². The second kappa shape index (κ2) is 26.4. The van der Waals surface area contributed by atoms with Crippen molar-refractivity contribution in [2.75, 3.05) is 40.5 Å². The largest absolute Gasteiger partial charge is 0.493 e. The van der Waals surface area contributed by atoms with Gasteiger partial charge in [-0.3, -0.25) is 13.6 Å². The highest BCUT2D eigenvalue weighted by Crippen LogP contribution is 2.34. The number of carbonyl (C=O) groups is 3. The maximum Gasteiger partial charge on any atom is 0.446 e. The number of allylic oxidation sites excluding steroid dienone is 2. The van der Waals surface area contributed by atoms with Crippen molar-refractivity contribution < 1.29 is 56.7 Å². The SMILES string of the molecule is C.COC(=O)Cl.COC(=O)N1CC=C(c2cnc(CCc3c(F)ccc4c3CCO4)n3cnnc23)CC1.Fc1ccc2c(c1CCc1ncc(C3=CCCCC3)c3nncn13)CCO2.O=CC(F)(F)F.[2H]CC. The van der Waals surface area contributed by atoms with Crippen LogP contribution in [0.2, 0.25) is 0 Å². The quantitative estimate of drug-likeness (QED) is 0.0800. The van der Waals surface area contributed by atoms with Crippen LogP contribution in [0.1, 0.15) is 99.8 Å². The zero-order chi connectivity index (χ0) is 51.8. The molecule has 22 heteroatoms. The molecule has 4 aromatic heterocycles. The summed E-state index contributed by atoms with van der Waals surface area (Å²) in [7, 11) is 2.60.